The van der Waals surface area contributed by atoms with Crippen LogP contribution in [0.15, 0.2) is 36.9 Å². The number of methoxy groups -OCH3 is 1. The standard InChI is InChI=1S/C14H19NO2/c1-4-9-15(10-11-17-3)14-8-6-5-7-13(14)12(2)16/h4-8H,1,9-11H2,2-3H3. The van der Waals surface area contributed by atoms with Crippen LogP contribution in [0.3, 0.4) is 0 Å². The predicted molar refractivity (Wildman–Crippen MR) is 70.7 cm³/mol. The fourth-order valence-electron chi connectivity index (χ4n) is 1.71. The fraction of sp³-hybridized carbons (Fsp3) is 0.357. The molecule has 0 saturated heterocycles. The van der Waals surface area contributed by atoms with Crippen LogP contribution in [-0.2, 0) is 4.74 Å². The number of hydrogen-bond acceptors (Lipinski definition) is 3. The molecule has 0 saturated carbocycles. The van der Waals surface area contributed by atoms with Gasteiger partial charge in [-0.15, -0.1) is 6.58 Å². The smallest absolute Gasteiger partial charge is 0.161 e. The van der Waals surface area contributed by atoms with Gasteiger partial charge in [0.1, 0.15) is 0 Å². The summed E-state index contributed by atoms with van der Waals surface area (Å²) in [5.41, 5.74) is 1.68. The second kappa shape index (κ2) is 6.86. The molecule has 3 nitrogen and oxygen atoms in total. The van der Waals surface area contributed by atoms with E-state index in [0.717, 1.165) is 17.8 Å². The number of ether oxygens (including phenoxy) is 1. The molecule has 3 heteroatoms. The third kappa shape index (κ3) is 3.71. The molecule has 0 aliphatic heterocycles. The highest BCUT2D eigenvalue weighted by Crippen LogP contribution is 2.20. The number of benzene rings is 1. The van der Waals surface area contributed by atoms with Crippen molar-refractivity contribution in [2.24, 2.45) is 0 Å². The number of para-hydroxylation sites is 1. The molecule has 0 fully saturated rings. The SMILES string of the molecule is C=CCN(CCOC)c1ccccc1C(C)=O. The van der Waals surface area contributed by atoms with E-state index in [1.54, 1.807) is 14.0 Å². The molecule has 0 aliphatic rings. The van der Waals surface area contributed by atoms with E-state index in [2.05, 4.69) is 11.5 Å². The maximum absolute atomic E-state index is 11.6. The first-order chi connectivity index (χ1) is 8.20. The highest BCUT2D eigenvalue weighted by Gasteiger charge is 2.12. The third-order valence-electron chi connectivity index (χ3n) is 2.54. The van der Waals surface area contributed by atoms with Crippen LogP contribution in [0.25, 0.3) is 0 Å². The van der Waals surface area contributed by atoms with Crippen LogP contribution < -0.4 is 4.90 Å². The molecule has 0 unspecified atom stereocenters. The zero-order valence-electron chi connectivity index (χ0n) is 10.5. The summed E-state index contributed by atoms with van der Waals surface area (Å²) in [4.78, 5) is 13.7. The van der Waals surface area contributed by atoms with E-state index in [0.29, 0.717) is 13.2 Å². The minimum Gasteiger partial charge on any atom is -0.383 e. The van der Waals surface area contributed by atoms with Gasteiger partial charge in [0.2, 0.25) is 0 Å². The number of anilines is 1. The quantitative estimate of drug-likeness (QED) is 0.535. The summed E-state index contributed by atoms with van der Waals surface area (Å²) in [5.74, 6) is 0.0760. The van der Waals surface area contributed by atoms with Crippen molar-refractivity contribution in [2.75, 3.05) is 31.7 Å². The summed E-state index contributed by atoms with van der Waals surface area (Å²) in [5, 5.41) is 0. The highest BCUT2D eigenvalue weighted by atomic mass is 16.5. The lowest BCUT2D eigenvalue weighted by Crippen LogP contribution is -2.28. The van der Waals surface area contributed by atoms with Gasteiger partial charge in [-0.2, -0.15) is 0 Å². The minimum atomic E-state index is 0.0760. The third-order valence-corrected chi connectivity index (χ3v) is 2.54. The summed E-state index contributed by atoms with van der Waals surface area (Å²) < 4.78 is 5.08. The van der Waals surface area contributed by atoms with E-state index in [1.165, 1.54) is 0 Å². The molecule has 0 N–H and O–H groups in total. The van der Waals surface area contributed by atoms with Gasteiger partial charge in [-0.25, -0.2) is 0 Å². The molecule has 17 heavy (non-hydrogen) atoms. The first kappa shape index (κ1) is 13.5. The Morgan fingerprint density at radius 2 is 2.18 bits per heavy atom. The van der Waals surface area contributed by atoms with Crippen LogP contribution in [0.1, 0.15) is 17.3 Å². The van der Waals surface area contributed by atoms with Crippen LogP contribution in [0.2, 0.25) is 0 Å². The van der Waals surface area contributed by atoms with Crippen molar-refractivity contribution in [3.05, 3.63) is 42.5 Å². The number of hydrogen-bond donors (Lipinski definition) is 0. The molecule has 0 amide bonds. The first-order valence-corrected chi connectivity index (χ1v) is 5.65. The first-order valence-electron chi connectivity index (χ1n) is 5.65. The van der Waals surface area contributed by atoms with E-state index in [1.807, 2.05) is 30.3 Å². The van der Waals surface area contributed by atoms with Crippen molar-refractivity contribution < 1.29 is 9.53 Å². The maximum atomic E-state index is 11.6. The lowest BCUT2D eigenvalue weighted by molar-refractivity contribution is 0.101. The van der Waals surface area contributed by atoms with Crippen LogP contribution >= 0.6 is 0 Å². The second-order valence-electron chi connectivity index (χ2n) is 3.80. The Hall–Kier alpha value is -1.61. The molecule has 0 aliphatic carbocycles. The zero-order chi connectivity index (χ0) is 12.7. The van der Waals surface area contributed by atoms with Gasteiger partial charge >= 0.3 is 0 Å². The Labute approximate surface area is 103 Å². The van der Waals surface area contributed by atoms with Gasteiger partial charge in [0.25, 0.3) is 0 Å². The number of Topliss-reactive ketones (excluding diaryl/α,β-unsaturated/α-hetero) is 1. The van der Waals surface area contributed by atoms with Crippen molar-refractivity contribution in [1.82, 2.24) is 0 Å². The van der Waals surface area contributed by atoms with E-state index in [-0.39, 0.29) is 5.78 Å². The molecule has 0 spiro atoms. The van der Waals surface area contributed by atoms with Crippen molar-refractivity contribution in [2.45, 2.75) is 6.92 Å². The van der Waals surface area contributed by atoms with Gasteiger partial charge < -0.3 is 9.64 Å². The van der Waals surface area contributed by atoms with Crippen molar-refractivity contribution in [3.63, 3.8) is 0 Å². The molecule has 1 rings (SSSR count). The number of rotatable bonds is 7. The van der Waals surface area contributed by atoms with Crippen LogP contribution in [0, 0.1) is 0 Å². The van der Waals surface area contributed by atoms with Gasteiger partial charge in [-0.3, -0.25) is 4.79 Å². The normalized spacial score (nSPS) is 10.0. The molecule has 1 aromatic carbocycles. The molecule has 1 aromatic rings. The lowest BCUT2D eigenvalue weighted by Gasteiger charge is -2.24. The molecule has 0 aromatic heterocycles. The number of carbonyl (C=O) groups excluding carboxylic acids is 1. The van der Waals surface area contributed by atoms with Gasteiger partial charge in [-0.05, 0) is 19.1 Å². The Kier molecular flexibility index (Phi) is 5.43. The molecular weight excluding hydrogens is 214 g/mol. The number of nitrogens with zero attached hydrogens (tertiary/aromatic N) is 1. The Balaban J connectivity index is 2.99. The molecule has 92 valence electrons. The summed E-state index contributed by atoms with van der Waals surface area (Å²) in [7, 11) is 1.67. The van der Waals surface area contributed by atoms with Crippen LogP contribution in [0.5, 0.6) is 0 Å². The minimum absolute atomic E-state index is 0.0760. The molecule has 0 heterocycles. The monoisotopic (exact) mass is 233 g/mol. The Bertz CT molecular complexity index is 388. The van der Waals surface area contributed by atoms with Gasteiger partial charge in [-0.1, -0.05) is 18.2 Å². The Morgan fingerprint density at radius 3 is 2.76 bits per heavy atom. The van der Waals surface area contributed by atoms with Crippen LogP contribution in [0.4, 0.5) is 5.69 Å². The summed E-state index contributed by atoms with van der Waals surface area (Å²) in [6, 6.07) is 7.61. The average Bonchev–Trinajstić information content (AvgIpc) is 2.34. The number of carbonyl (C=O) groups is 1. The van der Waals surface area contributed by atoms with Crippen LogP contribution in [-0.4, -0.2) is 32.6 Å². The number of ketones is 1. The lowest BCUT2D eigenvalue weighted by atomic mass is 10.1. The van der Waals surface area contributed by atoms with Gasteiger partial charge in [0.05, 0.1) is 6.61 Å². The largest absolute Gasteiger partial charge is 0.383 e. The van der Waals surface area contributed by atoms with Gasteiger partial charge in [0, 0.05) is 31.5 Å². The fourth-order valence-corrected chi connectivity index (χ4v) is 1.71. The summed E-state index contributed by atoms with van der Waals surface area (Å²) >= 11 is 0. The maximum Gasteiger partial charge on any atom is 0.161 e. The summed E-state index contributed by atoms with van der Waals surface area (Å²) in [6.07, 6.45) is 1.83. The van der Waals surface area contributed by atoms with E-state index in [9.17, 15) is 4.79 Å². The van der Waals surface area contributed by atoms with Crippen molar-refractivity contribution >= 4 is 11.5 Å². The van der Waals surface area contributed by atoms with E-state index < -0.39 is 0 Å². The topological polar surface area (TPSA) is 29.5 Å². The van der Waals surface area contributed by atoms with E-state index in [4.69, 9.17) is 4.74 Å². The van der Waals surface area contributed by atoms with Crippen molar-refractivity contribution in [1.29, 1.82) is 0 Å². The molecule has 0 radical (unpaired) electrons. The summed E-state index contributed by atoms with van der Waals surface area (Å²) in [6.45, 7) is 7.40. The van der Waals surface area contributed by atoms with E-state index >= 15 is 0 Å². The molecule has 0 atom stereocenters. The van der Waals surface area contributed by atoms with Gasteiger partial charge in [0.15, 0.2) is 5.78 Å². The predicted octanol–water partition coefficient (Wildman–Crippen LogP) is 2.53. The molecule has 0 bridgehead atoms. The highest BCUT2D eigenvalue weighted by molar-refractivity contribution is 5.99. The Morgan fingerprint density at radius 1 is 1.47 bits per heavy atom. The van der Waals surface area contributed by atoms with Crippen molar-refractivity contribution in [3.8, 4) is 0 Å². The zero-order valence-corrected chi connectivity index (χ0v) is 10.5. The average molecular weight is 233 g/mol. The molecular formula is C14H19NO2. The second-order valence-corrected chi connectivity index (χ2v) is 3.80.